The van der Waals surface area contributed by atoms with E-state index in [1.54, 1.807) is 0 Å². The van der Waals surface area contributed by atoms with Crippen LogP contribution in [0.3, 0.4) is 0 Å². The van der Waals surface area contributed by atoms with E-state index in [-0.39, 0.29) is 0 Å². The van der Waals surface area contributed by atoms with E-state index in [1.165, 1.54) is 22.1 Å². The third-order valence-electron chi connectivity index (χ3n) is 11.9. The fraction of sp³-hybridized carbons (Fsp3) is 0.417. The number of aliphatic hydroxyl groups is 2. The molecule has 0 amide bonds. The first kappa shape index (κ1) is 37.0. The van der Waals surface area contributed by atoms with Crippen molar-refractivity contribution in [2.45, 2.75) is 103 Å². The Morgan fingerprint density at radius 2 is 0.792 bits per heavy atom. The molecule has 7 rings (SSSR count). The Hall–Kier alpha value is -4.32. The normalized spacial score (nSPS) is 18.6. The van der Waals surface area contributed by atoms with Crippen molar-refractivity contribution < 1.29 is 10.2 Å². The summed E-state index contributed by atoms with van der Waals surface area (Å²) in [6.07, 6.45) is 7.43. The highest BCUT2D eigenvalue weighted by Gasteiger charge is 2.52. The summed E-state index contributed by atoms with van der Waals surface area (Å²) in [7, 11) is 0. The lowest BCUT2D eigenvalue weighted by Gasteiger charge is -2.49. The van der Waals surface area contributed by atoms with Crippen LogP contribution >= 0.6 is 0 Å². The predicted molar refractivity (Wildman–Crippen MR) is 229 cm³/mol. The molecule has 0 aromatic heterocycles. The van der Waals surface area contributed by atoms with Crippen molar-refractivity contribution in [3.63, 3.8) is 0 Å². The second-order valence-corrected chi connectivity index (χ2v) is 15.4. The van der Waals surface area contributed by atoms with Crippen LogP contribution in [0.5, 0.6) is 0 Å². The molecule has 53 heavy (non-hydrogen) atoms. The van der Waals surface area contributed by atoms with Gasteiger partial charge in [-0.15, -0.1) is 0 Å². The van der Waals surface area contributed by atoms with Crippen molar-refractivity contribution in [3.05, 3.63) is 102 Å². The Morgan fingerprint density at radius 1 is 0.453 bits per heavy atom. The van der Waals surface area contributed by atoms with Crippen LogP contribution in [0.2, 0.25) is 0 Å². The minimum absolute atomic E-state index is 0.451. The van der Waals surface area contributed by atoms with Gasteiger partial charge in [0, 0.05) is 70.6 Å². The average Bonchev–Trinajstić information content (AvgIpc) is 3.18. The summed E-state index contributed by atoms with van der Waals surface area (Å²) in [4.78, 5) is 5.15. The quantitative estimate of drug-likeness (QED) is 0.0689. The zero-order valence-electron chi connectivity index (χ0n) is 32.3. The lowest BCUT2D eigenvalue weighted by molar-refractivity contribution is -0.0765. The first-order valence-electron chi connectivity index (χ1n) is 20.5. The fourth-order valence-electron chi connectivity index (χ4n) is 9.25. The van der Waals surface area contributed by atoms with E-state index in [0.717, 1.165) is 121 Å². The van der Waals surface area contributed by atoms with Gasteiger partial charge in [-0.05, 0) is 59.0 Å². The van der Waals surface area contributed by atoms with Gasteiger partial charge in [0.15, 0.2) is 0 Å². The molecule has 6 aromatic carbocycles. The van der Waals surface area contributed by atoms with E-state index in [2.05, 4.69) is 122 Å². The van der Waals surface area contributed by atoms with Crippen LogP contribution in [0.25, 0.3) is 43.1 Å². The Morgan fingerprint density at radius 3 is 1.21 bits per heavy atom. The molecule has 5 heteroatoms. The number of hydrogen-bond donors (Lipinski definition) is 3. The largest absolute Gasteiger partial charge is 0.398 e. The topological polar surface area (TPSA) is 73.0 Å². The van der Waals surface area contributed by atoms with Crippen molar-refractivity contribution >= 4 is 60.2 Å². The number of benzene rings is 6. The van der Waals surface area contributed by atoms with E-state index >= 15 is 0 Å². The molecule has 278 valence electrons. The number of aliphatic hydroxyl groups excluding tert-OH is 2. The molecule has 1 aliphatic carbocycles. The van der Waals surface area contributed by atoms with Crippen LogP contribution in [0, 0.1) is 0 Å². The number of hydrogen-bond acceptors (Lipinski definition) is 5. The molecule has 4 N–H and O–H groups in total. The summed E-state index contributed by atoms with van der Waals surface area (Å²) in [5.41, 5.74) is 12.1. The highest BCUT2D eigenvalue weighted by Crippen LogP contribution is 2.56. The third-order valence-corrected chi connectivity index (χ3v) is 11.9. The molecule has 0 radical (unpaired) electrons. The maximum Gasteiger partial charge on any atom is 0.0728 e. The minimum Gasteiger partial charge on any atom is -0.398 e. The summed E-state index contributed by atoms with van der Waals surface area (Å²) in [6.45, 7) is 13.0. The Balaban J connectivity index is 1.41. The molecule has 1 aliphatic rings. The number of nitrogens with two attached hydrogens (primary N) is 1. The van der Waals surface area contributed by atoms with E-state index in [0.29, 0.717) is 5.69 Å². The molecule has 1 saturated carbocycles. The highest BCUT2D eigenvalue weighted by molar-refractivity contribution is 6.18. The Kier molecular flexibility index (Phi) is 11.4. The number of anilines is 3. The van der Waals surface area contributed by atoms with Crippen molar-refractivity contribution in [2.24, 2.45) is 0 Å². The molecule has 2 unspecified atom stereocenters. The number of fused-ring (bicyclic) bond motifs is 4. The molecular weight excluding hydrogens is 651 g/mol. The fourth-order valence-corrected chi connectivity index (χ4v) is 9.25. The minimum atomic E-state index is -0.799. The summed E-state index contributed by atoms with van der Waals surface area (Å²) in [6, 6.07) is 32.2. The van der Waals surface area contributed by atoms with Gasteiger partial charge in [-0.1, -0.05) is 138 Å². The van der Waals surface area contributed by atoms with Gasteiger partial charge in [0.2, 0.25) is 0 Å². The molecule has 0 saturated heterocycles. The van der Waals surface area contributed by atoms with Crippen LogP contribution in [0.15, 0.2) is 91.0 Å². The van der Waals surface area contributed by atoms with Crippen LogP contribution in [-0.4, -0.2) is 48.6 Å². The summed E-state index contributed by atoms with van der Waals surface area (Å²) in [5.74, 6) is -0.943. The molecular formula is C48H59N3O2. The Labute approximate surface area is 316 Å². The second-order valence-electron chi connectivity index (χ2n) is 15.4. The van der Waals surface area contributed by atoms with Crippen LogP contribution in [-0.2, 0) is 0 Å². The van der Waals surface area contributed by atoms with Gasteiger partial charge in [-0.2, -0.15) is 0 Å². The van der Waals surface area contributed by atoms with Crippen molar-refractivity contribution in [3.8, 4) is 0 Å². The number of unbranched alkanes of at least 4 members (excludes halogenated alkanes) is 4. The lowest BCUT2D eigenvalue weighted by atomic mass is 9.60. The summed E-state index contributed by atoms with van der Waals surface area (Å²) in [5, 5.41) is 34.1. The van der Waals surface area contributed by atoms with Crippen LogP contribution in [0.4, 0.5) is 17.1 Å². The van der Waals surface area contributed by atoms with Crippen molar-refractivity contribution in [1.82, 2.24) is 0 Å². The first-order valence-corrected chi connectivity index (χ1v) is 20.5. The summed E-state index contributed by atoms with van der Waals surface area (Å²) >= 11 is 0. The molecule has 0 heterocycles. The zero-order chi connectivity index (χ0) is 37.1. The lowest BCUT2D eigenvalue weighted by Crippen LogP contribution is -2.52. The summed E-state index contributed by atoms with van der Waals surface area (Å²) < 4.78 is 0. The predicted octanol–water partition coefficient (Wildman–Crippen LogP) is 11.3. The molecule has 5 nitrogen and oxygen atoms in total. The van der Waals surface area contributed by atoms with E-state index in [9.17, 15) is 10.2 Å². The third kappa shape index (κ3) is 6.61. The van der Waals surface area contributed by atoms with Gasteiger partial charge in [-0.3, -0.25) is 0 Å². The zero-order valence-corrected chi connectivity index (χ0v) is 32.3. The average molecular weight is 710 g/mol. The monoisotopic (exact) mass is 709 g/mol. The maximum atomic E-state index is 12.6. The van der Waals surface area contributed by atoms with Gasteiger partial charge in [0.25, 0.3) is 0 Å². The molecule has 0 bridgehead atoms. The SMILES string of the molecule is CCCCN(CCCC)c1c2ccccc2c(C2C(O)C(c3c4ccccc4c(N(CCCC)CCCC)c4cccc(N)c34)C2O)c2ccccc12. The number of nitrogens with zero attached hydrogens (tertiary/aromatic N) is 2. The van der Waals surface area contributed by atoms with Gasteiger partial charge in [0.1, 0.15) is 0 Å². The molecule has 2 atom stereocenters. The standard InChI is InChI=1S/C48H59N3O2/c1-5-9-28-50(29-10-6-2)45-35-23-16-13-20-32(35)40(33-21-14-17-24-36(33)45)43-47(52)44(48(43)53)42-34-22-15-18-25-37(34)46(38-26-19-27-39(49)41(38)42)51(30-11-7-3)31-12-8-4/h13-27,43-44,47-48,52-53H,5-12,28-31,49H2,1-4H3. The van der Waals surface area contributed by atoms with Gasteiger partial charge in [-0.25, -0.2) is 0 Å². The Bertz CT molecular complexity index is 2110. The smallest absolute Gasteiger partial charge is 0.0728 e. The van der Waals surface area contributed by atoms with Crippen LogP contribution < -0.4 is 15.5 Å². The first-order chi connectivity index (χ1) is 26.0. The molecule has 0 aliphatic heterocycles. The van der Waals surface area contributed by atoms with Crippen molar-refractivity contribution in [1.29, 1.82) is 0 Å². The van der Waals surface area contributed by atoms with Gasteiger partial charge in [0.05, 0.1) is 23.6 Å². The number of nitrogen functional groups attached to an aromatic ring is 1. The van der Waals surface area contributed by atoms with E-state index < -0.39 is 24.0 Å². The number of rotatable bonds is 16. The van der Waals surface area contributed by atoms with E-state index in [1.807, 2.05) is 6.07 Å². The molecule has 6 aromatic rings. The highest BCUT2D eigenvalue weighted by atomic mass is 16.3. The molecule has 1 fully saturated rings. The van der Waals surface area contributed by atoms with Crippen LogP contribution in [0.1, 0.15) is 102 Å². The second kappa shape index (κ2) is 16.4. The molecule has 0 spiro atoms. The van der Waals surface area contributed by atoms with Gasteiger partial charge >= 0.3 is 0 Å². The maximum absolute atomic E-state index is 12.6. The van der Waals surface area contributed by atoms with Gasteiger partial charge < -0.3 is 25.7 Å². The van der Waals surface area contributed by atoms with E-state index in [4.69, 9.17) is 5.73 Å². The van der Waals surface area contributed by atoms with Crippen molar-refractivity contribution in [2.75, 3.05) is 41.7 Å².